The highest BCUT2D eigenvalue weighted by atomic mass is 79.9. The highest BCUT2D eigenvalue weighted by Crippen LogP contribution is 2.29. The molecule has 1 aliphatic carbocycles. The Kier molecular flexibility index (Phi) is 4.70. The van der Waals surface area contributed by atoms with Gasteiger partial charge in [0, 0.05) is 22.0 Å². The Morgan fingerprint density at radius 1 is 1.40 bits per heavy atom. The van der Waals surface area contributed by atoms with Crippen LogP contribution < -0.4 is 5.73 Å². The lowest BCUT2D eigenvalue weighted by Gasteiger charge is -2.16. The molecule has 20 heavy (non-hydrogen) atoms. The first kappa shape index (κ1) is 15.3. The van der Waals surface area contributed by atoms with Gasteiger partial charge in [-0.1, -0.05) is 15.9 Å². The summed E-state index contributed by atoms with van der Waals surface area (Å²) in [4.78, 5) is 25.4. The zero-order valence-electron chi connectivity index (χ0n) is 10.9. The number of hydrogen-bond acceptors (Lipinski definition) is 4. The highest BCUT2D eigenvalue weighted by Gasteiger charge is 2.30. The Morgan fingerprint density at radius 2 is 2.05 bits per heavy atom. The molecular formula is C13H14Br2N2O3. The Bertz CT molecular complexity index is 559. The Morgan fingerprint density at radius 3 is 2.65 bits per heavy atom. The fraction of sp³-hybridized carbons (Fsp3) is 0.385. The number of anilines is 1. The lowest BCUT2D eigenvalue weighted by atomic mass is 10.2. The zero-order valence-corrected chi connectivity index (χ0v) is 14.0. The van der Waals surface area contributed by atoms with E-state index in [0.717, 1.165) is 12.8 Å². The van der Waals surface area contributed by atoms with Crippen LogP contribution in [0.4, 0.5) is 5.69 Å². The molecule has 1 saturated carbocycles. The number of hydrogen-bond donors (Lipinski definition) is 1. The first-order valence-electron chi connectivity index (χ1n) is 6.07. The monoisotopic (exact) mass is 404 g/mol. The minimum atomic E-state index is -0.609. The Labute approximate surface area is 133 Å². The summed E-state index contributed by atoms with van der Waals surface area (Å²) >= 11 is 6.54. The van der Waals surface area contributed by atoms with Gasteiger partial charge in [0.25, 0.3) is 5.91 Å². The van der Waals surface area contributed by atoms with Gasteiger partial charge in [0.05, 0.1) is 11.3 Å². The van der Waals surface area contributed by atoms with Crippen molar-refractivity contribution in [1.29, 1.82) is 0 Å². The van der Waals surface area contributed by atoms with Crippen molar-refractivity contribution in [2.24, 2.45) is 0 Å². The first-order valence-corrected chi connectivity index (χ1v) is 7.66. The summed E-state index contributed by atoms with van der Waals surface area (Å²) < 4.78 is 6.33. The van der Waals surface area contributed by atoms with E-state index in [2.05, 4.69) is 31.9 Å². The summed E-state index contributed by atoms with van der Waals surface area (Å²) in [6.45, 7) is -0.268. The lowest BCUT2D eigenvalue weighted by molar-refractivity contribution is -0.133. The molecule has 5 nitrogen and oxygen atoms in total. The van der Waals surface area contributed by atoms with E-state index in [1.807, 2.05) is 0 Å². The van der Waals surface area contributed by atoms with Gasteiger partial charge in [-0.2, -0.15) is 0 Å². The van der Waals surface area contributed by atoms with Crippen LogP contribution in [0.25, 0.3) is 0 Å². The van der Waals surface area contributed by atoms with Crippen LogP contribution in [0.5, 0.6) is 0 Å². The maximum absolute atomic E-state index is 12.0. The molecule has 1 fully saturated rings. The molecule has 1 aliphatic rings. The molecule has 2 N–H and O–H groups in total. The minimum absolute atomic E-state index is 0.200. The fourth-order valence-electron chi connectivity index (χ4n) is 1.73. The number of nitrogens with zero attached hydrogens (tertiary/aromatic N) is 1. The van der Waals surface area contributed by atoms with Crippen molar-refractivity contribution >= 4 is 49.4 Å². The molecule has 0 saturated heterocycles. The summed E-state index contributed by atoms with van der Waals surface area (Å²) in [5, 5.41) is 0. The van der Waals surface area contributed by atoms with Crippen molar-refractivity contribution in [1.82, 2.24) is 4.90 Å². The SMILES string of the molecule is CN(C(=O)COC(=O)c1cc(Br)cc(Br)c1N)C1CC1. The maximum Gasteiger partial charge on any atom is 0.340 e. The lowest BCUT2D eigenvalue weighted by Crippen LogP contribution is -2.33. The van der Waals surface area contributed by atoms with Crippen LogP contribution in [0.15, 0.2) is 21.1 Å². The number of benzene rings is 1. The molecule has 0 radical (unpaired) electrons. The molecule has 1 amide bonds. The first-order chi connectivity index (χ1) is 9.40. The summed E-state index contributed by atoms with van der Waals surface area (Å²) in [6.07, 6.45) is 2.03. The quantitative estimate of drug-likeness (QED) is 0.617. The van der Waals surface area contributed by atoms with Crippen molar-refractivity contribution in [2.45, 2.75) is 18.9 Å². The number of nitrogens with two attached hydrogens (primary N) is 1. The van der Waals surface area contributed by atoms with Crippen LogP contribution >= 0.6 is 31.9 Å². The second-order valence-corrected chi connectivity index (χ2v) is 6.43. The number of carbonyl (C=O) groups excluding carboxylic acids is 2. The molecule has 2 rings (SSSR count). The predicted molar refractivity (Wildman–Crippen MR) is 82.3 cm³/mol. The summed E-state index contributed by atoms with van der Waals surface area (Å²) in [7, 11) is 1.72. The second kappa shape index (κ2) is 6.13. The minimum Gasteiger partial charge on any atom is -0.452 e. The third-order valence-electron chi connectivity index (χ3n) is 3.13. The zero-order chi connectivity index (χ0) is 14.9. The molecule has 0 unspecified atom stereocenters. The van der Waals surface area contributed by atoms with Gasteiger partial charge in [0.1, 0.15) is 0 Å². The molecule has 7 heteroatoms. The molecule has 0 bridgehead atoms. The van der Waals surface area contributed by atoms with E-state index < -0.39 is 5.97 Å². The van der Waals surface area contributed by atoms with Gasteiger partial charge in [0.2, 0.25) is 0 Å². The highest BCUT2D eigenvalue weighted by molar-refractivity contribution is 9.11. The molecule has 0 aromatic heterocycles. The maximum atomic E-state index is 12.0. The molecule has 0 heterocycles. The molecule has 0 atom stereocenters. The smallest absolute Gasteiger partial charge is 0.340 e. The molecule has 0 aliphatic heterocycles. The van der Waals surface area contributed by atoms with E-state index in [1.54, 1.807) is 24.1 Å². The van der Waals surface area contributed by atoms with Gasteiger partial charge in [-0.05, 0) is 40.9 Å². The van der Waals surface area contributed by atoms with E-state index in [0.29, 0.717) is 20.7 Å². The molecule has 1 aromatic carbocycles. The third-order valence-corrected chi connectivity index (χ3v) is 4.24. The number of carbonyl (C=O) groups is 2. The van der Waals surface area contributed by atoms with Gasteiger partial charge in [0.15, 0.2) is 6.61 Å². The van der Waals surface area contributed by atoms with Crippen LogP contribution in [-0.4, -0.2) is 36.5 Å². The van der Waals surface area contributed by atoms with E-state index in [4.69, 9.17) is 10.5 Å². The predicted octanol–water partition coefficient (Wildman–Crippen LogP) is 2.57. The topological polar surface area (TPSA) is 72.6 Å². The second-order valence-electron chi connectivity index (χ2n) is 4.66. The van der Waals surface area contributed by atoms with E-state index in [9.17, 15) is 9.59 Å². The van der Waals surface area contributed by atoms with Gasteiger partial charge >= 0.3 is 5.97 Å². The van der Waals surface area contributed by atoms with E-state index in [-0.39, 0.29) is 18.1 Å². The Hall–Kier alpha value is -1.08. The van der Waals surface area contributed by atoms with Crippen molar-refractivity contribution in [3.8, 4) is 0 Å². The summed E-state index contributed by atoms with van der Waals surface area (Å²) in [6, 6.07) is 3.60. The number of esters is 1. The standard InChI is InChI=1S/C13H14Br2N2O3/c1-17(8-2-3-8)11(18)6-20-13(19)9-4-7(14)5-10(15)12(9)16/h4-5,8H,2-3,6,16H2,1H3. The van der Waals surface area contributed by atoms with Crippen LogP contribution in [0.1, 0.15) is 23.2 Å². The van der Waals surface area contributed by atoms with Crippen LogP contribution in [0.3, 0.4) is 0 Å². The Balaban J connectivity index is 2.00. The van der Waals surface area contributed by atoms with Crippen molar-refractivity contribution in [2.75, 3.05) is 19.4 Å². The average Bonchev–Trinajstić information content (AvgIpc) is 3.23. The number of nitrogen functional groups attached to an aromatic ring is 1. The number of ether oxygens (including phenoxy) is 1. The van der Waals surface area contributed by atoms with Crippen LogP contribution in [-0.2, 0) is 9.53 Å². The van der Waals surface area contributed by atoms with Crippen molar-refractivity contribution in [3.63, 3.8) is 0 Å². The summed E-state index contributed by atoms with van der Waals surface area (Å²) in [5.74, 6) is -0.810. The van der Waals surface area contributed by atoms with Gasteiger partial charge in [-0.25, -0.2) is 4.79 Å². The molecular weight excluding hydrogens is 392 g/mol. The number of halogens is 2. The molecule has 0 spiro atoms. The van der Waals surface area contributed by atoms with E-state index >= 15 is 0 Å². The van der Waals surface area contributed by atoms with Crippen molar-refractivity contribution in [3.05, 3.63) is 26.6 Å². The molecule has 108 valence electrons. The van der Waals surface area contributed by atoms with Gasteiger partial charge in [-0.15, -0.1) is 0 Å². The number of amides is 1. The number of likely N-dealkylation sites (N-methyl/N-ethyl adjacent to an activating group) is 1. The van der Waals surface area contributed by atoms with Gasteiger partial charge < -0.3 is 15.4 Å². The summed E-state index contributed by atoms with van der Waals surface area (Å²) in [5.41, 5.74) is 6.34. The fourth-order valence-corrected chi connectivity index (χ4v) is 2.95. The normalized spacial score (nSPS) is 13.9. The van der Waals surface area contributed by atoms with E-state index in [1.165, 1.54) is 0 Å². The average molecular weight is 406 g/mol. The largest absolute Gasteiger partial charge is 0.452 e. The number of rotatable bonds is 4. The molecule has 1 aromatic rings. The van der Waals surface area contributed by atoms with Crippen molar-refractivity contribution < 1.29 is 14.3 Å². The van der Waals surface area contributed by atoms with Crippen LogP contribution in [0.2, 0.25) is 0 Å². The third kappa shape index (κ3) is 3.52. The van der Waals surface area contributed by atoms with Crippen LogP contribution in [0, 0.1) is 0 Å². The van der Waals surface area contributed by atoms with Gasteiger partial charge in [-0.3, -0.25) is 4.79 Å².